The summed E-state index contributed by atoms with van der Waals surface area (Å²) < 4.78 is 10.7. The van der Waals surface area contributed by atoms with Crippen LogP contribution in [0.3, 0.4) is 0 Å². The molecule has 1 saturated heterocycles. The molecule has 1 fully saturated rings. The van der Waals surface area contributed by atoms with Gasteiger partial charge in [-0.1, -0.05) is 6.07 Å². The summed E-state index contributed by atoms with van der Waals surface area (Å²) in [5.74, 6) is 0.891. The number of thiophene rings is 1. The third-order valence-corrected chi connectivity index (χ3v) is 5.77. The molecule has 1 aliphatic heterocycles. The van der Waals surface area contributed by atoms with Crippen molar-refractivity contribution >= 4 is 41.3 Å². The molecule has 2 N–H and O–H groups in total. The molecule has 7 nitrogen and oxygen atoms in total. The first kappa shape index (κ1) is 26.6. The van der Waals surface area contributed by atoms with Crippen molar-refractivity contribution < 1.29 is 9.47 Å². The molecule has 0 aliphatic carbocycles. The van der Waals surface area contributed by atoms with Crippen molar-refractivity contribution in [2.24, 2.45) is 4.99 Å². The number of nitrogens with zero attached hydrogens (tertiary/aromatic N) is 3. The molecule has 0 bridgehead atoms. The zero-order valence-corrected chi connectivity index (χ0v) is 21.2. The van der Waals surface area contributed by atoms with E-state index in [1.165, 1.54) is 4.88 Å². The first-order valence-corrected chi connectivity index (χ1v) is 11.2. The Morgan fingerprint density at radius 2 is 2.14 bits per heavy atom. The number of methoxy groups -OCH3 is 1. The van der Waals surface area contributed by atoms with Crippen LogP contribution in [0.1, 0.15) is 24.3 Å². The molecular formula is C20H38IN5O2S. The minimum atomic E-state index is 0. The lowest BCUT2D eigenvalue weighted by molar-refractivity contribution is 0.0186. The van der Waals surface area contributed by atoms with Gasteiger partial charge in [-0.15, -0.1) is 35.3 Å². The van der Waals surface area contributed by atoms with Crippen molar-refractivity contribution in [3.63, 3.8) is 0 Å². The number of likely N-dealkylation sites (N-methyl/N-ethyl adjacent to an activating group) is 1. The first-order chi connectivity index (χ1) is 13.7. The van der Waals surface area contributed by atoms with Gasteiger partial charge in [0.2, 0.25) is 0 Å². The highest BCUT2D eigenvalue weighted by Gasteiger charge is 2.23. The summed E-state index contributed by atoms with van der Waals surface area (Å²) >= 11 is 1.81. The predicted octanol–water partition coefficient (Wildman–Crippen LogP) is 2.26. The highest BCUT2D eigenvalue weighted by atomic mass is 127. The van der Waals surface area contributed by atoms with E-state index in [9.17, 15) is 0 Å². The fourth-order valence-corrected chi connectivity index (χ4v) is 4.08. The third-order valence-electron chi connectivity index (χ3n) is 4.80. The molecule has 29 heavy (non-hydrogen) atoms. The lowest BCUT2D eigenvalue weighted by Crippen LogP contribution is -2.43. The van der Waals surface area contributed by atoms with E-state index < -0.39 is 0 Å². The molecule has 168 valence electrons. The number of rotatable bonds is 12. The Kier molecular flexibility index (Phi) is 14.9. The van der Waals surface area contributed by atoms with E-state index in [1.54, 1.807) is 7.11 Å². The zero-order chi connectivity index (χ0) is 20.0. The summed E-state index contributed by atoms with van der Waals surface area (Å²) in [6.07, 6.45) is 1.06. The van der Waals surface area contributed by atoms with Crippen molar-refractivity contribution in [2.75, 3.05) is 79.8 Å². The van der Waals surface area contributed by atoms with Gasteiger partial charge in [0, 0.05) is 57.9 Å². The maximum absolute atomic E-state index is 5.53. The summed E-state index contributed by atoms with van der Waals surface area (Å²) in [5.41, 5.74) is 0. The quantitative estimate of drug-likeness (QED) is 0.184. The van der Waals surface area contributed by atoms with E-state index in [2.05, 4.69) is 51.9 Å². The lowest BCUT2D eigenvalue weighted by atomic mass is 10.2. The van der Waals surface area contributed by atoms with Crippen molar-refractivity contribution in [3.8, 4) is 0 Å². The molecule has 0 saturated carbocycles. The average Bonchev–Trinajstić information content (AvgIpc) is 3.23. The maximum atomic E-state index is 5.53. The Hall–Kier alpha value is -0.460. The molecule has 2 heterocycles. The van der Waals surface area contributed by atoms with Crippen LogP contribution in [-0.2, 0) is 9.47 Å². The summed E-state index contributed by atoms with van der Waals surface area (Å²) in [4.78, 5) is 11.1. The molecule has 0 spiro atoms. The van der Waals surface area contributed by atoms with E-state index in [0.717, 1.165) is 78.0 Å². The van der Waals surface area contributed by atoms with Gasteiger partial charge in [-0.3, -0.25) is 9.89 Å². The Balaban J connectivity index is 0.00000420. The van der Waals surface area contributed by atoms with Crippen molar-refractivity contribution in [1.29, 1.82) is 0 Å². The van der Waals surface area contributed by atoms with Crippen LogP contribution in [-0.4, -0.2) is 95.6 Å². The van der Waals surface area contributed by atoms with Gasteiger partial charge in [-0.25, -0.2) is 0 Å². The van der Waals surface area contributed by atoms with Crippen LogP contribution in [0.25, 0.3) is 0 Å². The monoisotopic (exact) mass is 539 g/mol. The highest BCUT2D eigenvalue weighted by molar-refractivity contribution is 14.0. The number of hydrogen-bond donors (Lipinski definition) is 2. The van der Waals surface area contributed by atoms with Crippen LogP contribution >= 0.6 is 35.3 Å². The SMILES string of the molecule is CCNC(=NCC(c1cccs1)N1CCOCC1)NCCN(C)CCCOC.I. The van der Waals surface area contributed by atoms with Crippen LogP contribution in [0.15, 0.2) is 22.5 Å². The smallest absolute Gasteiger partial charge is 0.191 e. The molecule has 2 rings (SSSR count). The third kappa shape index (κ3) is 10.4. The largest absolute Gasteiger partial charge is 0.385 e. The molecular weight excluding hydrogens is 501 g/mol. The number of morpholine rings is 1. The van der Waals surface area contributed by atoms with Crippen molar-refractivity contribution in [1.82, 2.24) is 20.4 Å². The van der Waals surface area contributed by atoms with E-state index in [1.807, 2.05) is 11.3 Å². The van der Waals surface area contributed by atoms with Crippen molar-refractivity contribution in [2.45, 2.75) is 19.4 Å². The normalized spacial score (nSPS) is 16.5. The fourth-order valence-electron chi connectivity index (χ4n) is 3.23. The first-order valence-electron chi connectivity index (χ1n) is 10.3. The fraction of sp³-hybridized carbons (Fsp3) is 0.750. The van der Waals surface area contributed by atoms with Crippen LogP contribution in [0.2, 0.25) is 0 Å². The standard InChI is InChI=1S/C20H37N5O2S.HI/c1-4-21-20(22-8-10-24(2)9-6-13-26-3)23-17-18(19-7-5-16-28-19)25-11-14-27-15-12-25;/h5,7,16,18H,4,6,8-15,17H2,1-3H3,(H2,21,22,23);1H. The number of aliphatic imine (C=N–C) groups is 1. The topological polar surface area (TPSA) is 61.4 Å². The molecule has 1 aromatic heterocycles. The molecule has 1 aliphatic rings. The minimum Gasteiger partial charge on any atom is -0.385 e. The van der Waals surface area contributed by atoms with Gasteiger partial charge < -0.3 is 25.0 Å². The van der Waals surface area contributed by atoms with Gasteiger partial charge in [-0.2, -0.15) is 0 Å². The second kappa shape index (κ2) is 16.3. The summed E-state index contributed by atoms with van der Waals surface area (Å²) in [7, 11) is 3.90. The van der Waals surface area contributed by atoms with Gasteiger partial charge >= 0.3 is 0 Å². The Morgan fingerprint density at radius 3 is 2.79 bits per heavy atom. The summed E-state index contributed by atoms with van der Waals surface area (Å²) in [5, 5.41) is 8.99. The maximum Gasteiger partial charge on any atom is 0.191 e. The summed E-state index contributed by atoms with van der Waals surface area (Å²) in [6.45, 7) is 11.0. The van der Waals surface area contributed by atoms with Crippen LogP contribution in [0.4, 0.5) is 0 Å². The Labute approximate surface area is 197 Å². The van der Waals surface area contributed by atoms with E-state index >= 15 is 0 Å². The highest BCUT2D eigenvalue weighted by Crippen LogP contribution is 2.26. The van der Waals surface area contributed by atoms with Crippen LogP contribution in [0.5, 0.6) is 0 Å². The second-order valence-corrected chi connectivity index (χ2v) is 7.95. The molecule has 9 heteroatoms. The minimum absolute atomic E-state index is 0. The zero-order valence-electron chi connectivity index (χ0n) is 18.1. The number of hydrogen-bond acceptors (Lipinski definition) is 6. The average molecular weight is 540 g/mol. The van der Waals surface area contributed by atoms with Crippen molar-refractivity contribution in [3.05, 3.63) is 22.4 Å². The molecule has 1 aromatic rings. The Bertz CT molecular complexity index is 541. The van der Waals surface area contributed by atoms with E-state index in [4.69, 9.17) is 14.5 Å². The van der Waals surface area contributed by atoms with Gasteiger partial charge in [0.25, 0.3) is 0 Å². The molecule has 0 amide bonds. The molecule has 0 radical (unpaired) electrons. The summed E-state index contributed by atoms with van der Waals surface area (Å²) in [6, 6.07) is 4.66. The van der Waals surface area contributed by atoms with Crippen LogP contribution in [0, 0.1) is 0 Å². The molecule has 1 unspecified atom stereocenters. The number of halogens is 1. The van der Waals surface area contributed by atoms with E-state index in [0.29, 0.717) is 6.04 Å². The number of ether oxygens (including phenoxy) is 2. The molecule has 1 atom stereocenters. The van der Waals surface area contributed by atoms with Crippen LogP contribution < -0.4 is 10.6 Å². The Morgan fingerprint density at radius 1 is 1.34 bits per heavy atom. The number of nitrogens with one attached hydrogen (secondary N) is 2. The second-order valence-electron chi connectivity index (χ2n) is 6.98. The van der Waals surface area contributed by atoms with Gasteiger partial charge in [-0.05, 0) is 31.8 Å². The van der Waals surface area contributed by atoms with Gasteiger partial charge in [0.15, 0.2) is 5.96 Å². The van der Waals surface area contributed by atoms with Gasteiger partial charge in [0.05, 0.1) is 25.8 Å². The number of guanidine groups is 1. The predicted molar refractivity (Wildman–Crippen MR) is 133 cm³/mol. The lowest BCUT2D eigenvalue weighted by Gasteiger charge is -2.33. The van der Waals surface area contributed by atoms with E-state index in [-0.39, 0.29) is 24.0 Å². The molecule has 0 aromatic carbocycles. The van der Waals surface area contributed by atoms with Gasteiger partial charge in [0.1, 0.15) is 0 Å².